The predicted molar refractivity (Wildman–Crippen MR) is 92.8 cm³/mol. The Labute approximate surface area is 135 Å². The normalized spacial score (nSPS) is 15.8. The van der Waals surface area contributed by atoms with E-state index in [4.69, 9.17) is 4.98 Å². The molecule has 1 saturated heterocycles. The van der Waals surface area contributed by atoms with Gasteiger partial charge in [-0.05, 0) is 17.5 Å². The number of carbonyl (C=O) groups is 1. The van der Waals surface area contributed by atoms with Crippen LogP contribution < -0.4 is 4.90 Å². The van der Waals surface area contributed by atoms with E-state index in [-0.39, 0.29) is 5.91 Å². The Balaban J connectivity index is 1.80. The lowest BCUT2D eigenvalue weighted by Gasteiger charge is -2.34. The van der Waals surface area contributed by atoms with Gasteiger partial charge in [0.2, 0.25) is 5.91 Å². The summed E-state index contributed by atoms with van der Waals surface area (Å²) in [5, 5.41) is 1.09. The minimum Gasteiger partial charge on any atom is -0.345 e. The van der Waals surface area contributed by atoms with Crippen molar-refractivity contribution in [2.45, 2.75) is 33.1 Å². The van der Waals surface area contributed by atoms with Crippen LogP contribution in [0.15, 0.2) is 18.2 Å². The van der Waals surface area contributed by atoms with E-state index in [1.165, 1.54) is 10.3 Å². The van der Waals surface area contributed by atoms with Crippen molar-refractivity contribution in [3.63, 3.8) is 0 Å². The first-order valence-corrected chi connectivity index (χ1v) is 8.84. The van der Waals surface area contributed by atoms with E-state index < -0.39 is 0 Å². The third-order valence-electron chi connectivity index (χ3n) is 4.27. The minimum absolute atomic E-state index is 0.256. The minimum atomic E-state index is 0.256. The van der Waals surface area contributed by atoms with Crippen molar-refractivity contribution in [1.82, 2.24) is 9.88 Å². The molecule has 2 heterocycles. The molecule has 118 valence electrons. The number of rotatable bonds is 3. The molecule has 0 saturated carbocycles. The lowest BCUT2D eigenvalue weighted by atomic mass is 10.0. The fourth-order valence-electron chi connectivity index (χ4n) is 2.93. The molecule has 1 aromatic carbocycles. The summed E-state index contributed by atoms with van der Waals surface area (Å²) in [6.45, 7) is 9.71. The number of carbonyl (C=O) groups excluding carboxylic acids is 1. The Morgan fingerprint density at radius 3 is 2.64 bits per heavy atom. The largest absolute Gasteiger partial charge is 0.345 e. The number of aromatic nitrogens is 1. The van der Waals surface area contributed by atoms with Gasteiger partial charge >= 0.3 is 0 Å². The maximum Gasteiger partial charge on any atom is 0.222 e. The predicted octanol–water partition coefficient (Wildman–Crippen LogP) is 3.48. The van der Waals surface area contributed by atoms with Gasteiger partial charge in [0, 0.05) is 32.6 Å². The zero-order valence-electron chi connectivity index (χ0n) is 13.5. The van der Waals surface area contributed by atoms with Crippen molar-refractivity contribution in [2.24, 2.45) is 0 Å². The first-order chi connectivity index (χ1) is 10.6. The Bertz CT molecular complexity index is 672. The molecule has 0 spiro atoms. The third-order valence-corrected chi connectivity index (χ3v) is 5.35. The summed E-state index contributed by atoms with van der Waals surface area (Å²) in [6, 6.07) is 6.45. The van der Waals surface area contributed by atoms with Crippen molar-refractivity contribution in [3.8, 4) is 0 Å². The number of nitrogens with zero attached hydrogens (tertiary/aromatic N) is 3. The summed E-state index contributed by atoms with van der Waals surface area (Å²) >= 11 is 1.76. The fourth-order valence-corrected chi connectivity index (χ4v) is 3.98. The average Bonchev–Trinajstić information content (AvgIpc) is 2.98. The molecule has 0 radical (unpaired) electrons. The second kappa shape index (κ2) is 6.24. The number of amides is 1. The molecule has 4 nitrogen and oxygen atoms in total. The number of thiazole rings is 1. The molecule has 0 atom stereocenters. The quantitative estimate of drug-likeness (QED) is 0.869. The van der Waals surface area contributed by atoms with Gasteiger partial charge in [-0.1, -0.05) is 44.2 Å². The van der Waals surface area contributed by atoms with Gasteiger partial charge in [-0.25, -0.2) is 4.98 Å². The molecule has 1 amide bonds. The Morgan fingerprint density at radius 1 is 1.27 bits per heavy atom. The molecular weight excluding hydrogens is 294 g/mol. The molecule has 0 unspecified atom stereocenters. The molecule has 5 heteroatoms. The maximum atomic E-state index is 11.8. The number of piperazine rings is 1. The Kier molecular flexibility index (Phi) is 4.34. The van der Waals surface area contributed by atoms with Gasteiger partial charge in [-0.2, -0.15) is 0 Å². The first-order valence-electron chi connectivity index (χ1n) is 8.02. The van der Waals surface area contributed by atoms with Gasteiger partial charge in [0.25, 0.3) is 0 Å². The number of fused-ring (bicyclic) bond motifs is 1. The maximum absolute atomic E-state index is 11.8. The number of hydrogen-bond acceptors (Lipinski definition) is 4. The molecule has 1 aliphatic rings. The molecule has 1 fully saturated rings. The van der Waals surface area contributed by atoms with Gasteiger partial charge in [0.15, 0.2) is 5.13 Å². The molecular formula is C17H23N3OS. The van der Waals surface area contributed by atoms with Gasteiger partial charge < -0.3 is 9.80 Å². The van der Waals surface area contributed by atoms with E-state index in [1.807, 2.05) is 11.8 Å². The van der Waals surface area contributed by atoms with Crippen LogP contribution in [0, 0.1) is 0 Å². The number of benzene rings is 1. The van der Waals surface area contributed by atoms with E-state index in [9.17, 15) is 4.79 Å². The van der Waals surface area contributed by atoms with Gasteiger partial charge in [0.1, 0.15) is 0 Å². The average molecular weight is 317 g/mol. The summed E-state index contributed by atoms with van der Waals surface area (Å²) < 4.78 is 1.26. The van der Waals surface area contributed by atoms with Gasteiger partial charge in [-0.15, -0.1) is 0 Å². The van der Waals surface area contributed by atoms with Crippen LogP contribution >= 0.6 is 11.3 Å². The molecule has 0 aliphatic carbocycles. The zero-order chi connectivity index (χ0) is 15.7. The van der Waals surface area contributed by atoms with Crippen molar-refractivity contribution in [1.29, 1.82) is 0 Å². The molecule has 3 rings (SSSR count). The van der Waals surface area contributed by atoms with Crippen molar-refractivity contribution in [2.75, 3.05) is 31.1 Å². The van der Waals surface area contributed by atoms with Crippen molar-refractivity contribution in [3.05, 3.63) is 23.8 Å². The summed E-state index contributed by atoms with van der Waals surface area (Å²) in [6.07, 6.45) is 0.596. The summed E-state index contributed by atoms with van der Waals surface area (Å²) in [5.41, 5.74) is 2.46. The molecule has 22 heavy (non-hydrogen) atoms. The highest BCUT2D eigenvalue weighted by Crippen LogP contribution is 2.33. The van der Waals surface area contributed by atoms with Crippen LogP contribution in [-0.2, 0) is 4.79 Å². The lowest BCUT2D eigenvalue weighted by molar-refractivity contribution is -0.131. The Hall–Kier alpha value is -1.62. The topological polar surface area (TPSA) is 36.4 Å². The highest BCUT2D eigenvalue weighted by Gasteiger charge is 2.22. The van der Waals surface area contributed by atoms with Crippen LogP contribution in [0.25, 0.3) is 10.2 Å². The second-order valence-electron chi connectivity index (χ2n) is 6.07. The number of anilines is 1. The molecule has 2 aromatic rings. The second-order valence-corrected chi connectivity index (χ2v) is 7.08. The smallest absolute Gasteiger partial charge is 0.222 e. The zero-order valence-corrected chi connectivity index (χ0v) is 14.3. The SMILES string of the molecule is CCC(=O)N1CCN(c2nc3c(C(C)C)cccc3s2)CC1. The van der Waals surface area contributed by atoms with E-state index in [0.717, 1.165) is 36.8 Å². The number of para-hydroxylation sites is 1. The molecule has 0 bridgehead atoms. The number of hydrogen-bond donors (Lipinski definition) is 0. The molecule has 1 aromatic heterocycles. The van der Waals surface area contributed by atoms with Crippen LogP contribution in [-0.4, -0.2) is 42.0 Å². The molecule has 1 aliphatic heterocycles. The summed E-state index contributed by atoms with van der Waals surface area (Å²) in [5.74, 6) is 0.740. The van der Waals surface area contributed by atoms with Crippen LogP contribution in [0.2, 0.25) is 0 Å². The lowest BCUT2D eigenvalue weighted by Crippen LogP contribution is -2.48. The Morgan fingerprint density at radius 2 is 2.00 bits per heavy atom. The third kappa shape index (κ3) is 2.82. The van der Waals surface area contributed by atoms with E-state index in [2.05, 4.69) is 36.9 Å². The highest BCUT2D eigenvalue weighted by molar-refractivity contribution is 7.22. The monoisotopic (exact) mass is 317 g/mol. The molecule has 0 N–H and O–H groups in total. The van der Waals surface area contributed by atoms with Crippen LogP contribution in [0.5, 0.6) is 0 Å². The highest BCUT2D eigenvalue weighted by atomic mass is 32.1. The van der Waals surface area contributed by atoms with E-state index in [0.29, 0.717) is 12.3 Å². The van der Waals surface area contributed by atoms with Crippen LogP contribution in [0.3, 0.4) is 0 Å². The van der Waals surface area contributed by atoms with Crippen molar-refractivity contribution < 1.29 is 4.79 Å². The summed E-state index contributed by atoms with van der Waals surface area (Å²) in [7, 11) is 0. The summed E-state index contributed by atoms with van der Waals surface area (Å²) in [4.78, 5) is 20.9. The van der Waals surface area contributed by atoms with Crippen LogP contribution in [0.4, 0.5) is 5.13 Å². The van der Waals surface area contributed by atoms with Gasteiger partial charge in [-0.3, -0.25) is 4.79 Å². The fraction of sp³-hybridized carbons (Fsp3) is 0.529. The van der Waals surface area contributed by atoms with Gasteiger partial charge in [0.05, 0.1) is 10.2 Å². The van der Waals surface area contributed by atoms with Crippen molar-refractivity contribution >= 4 is 32.6 Å². The van der Waals surface area contributed by atoms with Crippen LogP contribution in [0.1, 0.15) is 38.7 Å². The van der Waals surface area contributed by atoms with E-state index >= 15 is 0 Å². The first kappa shape index (κ1) is 15.3. The van der Waals surface area contributed by atoms with E-state index in [1.54, 1.807) is 11.3 Å². The standard InChI is InChI=1S/C17H23N3OS/c1-4-15(21)19-8-10-20(11-9-19)17-18-16-13(12(2)3)6-5-7-14(16)22-17/h5-7,12H,4,8-11H2,1-3H3.